The van der Waals surface area contributed by atoms with Gasteiger partial charge in [-0.2, -0.15) is 0 Å². The molecule has 1 saturated carbocycles. The number of ether oxygens (including phenoxy) is 1. The van der Waals surface area contributed by atoms with E-state index in [1.54, 1.807) is 0 Å². The van der Waals surface area contributed by atoms with E-state index in [-0.39, 0.29) is 11.1 Å². The quantitative estimate of drug-likeness (QED) is 0.855. The monoisotopic (exact) mass is 268 g/mol. The topological polar surface area (TPSA) is 38.5 Å². The van der Waals surface area contributed by atoms with Crippen LogP contribution in [0.1, 0.15) is 52.9 Å². The summed E-state index contributed by atoms with van der Waals surface area (Å²) in [4.78, 5) is 2.67. The lowest BCUT2D eigenvalue weighted by atomic mass is 9.67. The predicted octanol–water partition coefficient (Wildman–Crippen LogP) is 2.64. The Balaban J connectivity index is 2.20. The summed E-state index contributed by atoms with van der Waals surface area (Å²) in [6, 6.07) is 0. The first-order valence-electron chi connectivity index (χ1n) is 7.96. The van der Waals surface area contributed by atoms with E-state index in [0.29, 0.717) is 5.92 Å². The molecule has 0 aromatic carbocycles. The van der Waals surface area contributed by atoms with Crippen molar-refractivity contribution >= 4 is 0 Å². The van der Waals surface area contributed by atoms with Gasteiger partial charge in [0.25, 0.3) is 0 Å². The molecule has 2 rings (SSSR count). The van der Waals surface area contributed by atoms with E-state index in [1.807, 2.05) is 7.11 Å². The standard InChI is InChI=1S/C16H32N2O/c1-13-6-7-14(2)16(10-13,11-17)18-9-5-8-15(3,12-18)19-4/h13-14H,5-12,17H2,1-4H3. The minimum absolute atomic E-state index is 0.0147. The summed E-state index contributed by atoms with van der Waals surface area (Å²) in [6.07, 6.45) is 6.33. The molecule has 1 saturated heterocycles. The maximum Gasteiger partial charge on any atom is 0.0777 e. The second-order valence-electron chi connectivity index (χ2n) is 7.27. The van der Waals surface area contributed by atoms with Crippen molar-refractivity contribution in [3.05, 3.63) is 0 Å². The average Bonchev–Trinajstić information content (AvgIpc) is 2.41. The SMILES string of the molecule is COC1(C)CCCN(C2(CN)CC(C)CCC2C)C1. The van der Waals surface area contributed by atoms with Crippen molar-refractivity contribution in [1.29, 1.82) is 0 Å². The lowest BCUT2D eigenvalue weighted by Crippen LogP contribution is -2.65. The summed E-state index contributed by atoms with van der Waals surface area (Å²) in [5.74, 6) is 1.50. The molecule has 0 spiro atoms. The van der Waals surface area contributed by atoms with E-state index in [2.05, 4.69) is 25.7 Å². The van der Waals surface area contributed by atoms with Gasteiger partial charge < -0.3 is 10.5 Å². The highest BCUT2D eigenvalue weighted by Gasteiger charge is 2.47. The minimum atomic E-state index is 0.0147. The van der Waals surface area contributed by atoms with Crippen molar-refractivity contribution in [2.45, 2.75) is 64.0 Å². The molecular formula is C16H32N2O. The van der Waals surface area contributed by atoms with Crippen LogP contribution in [0.15, 0.2) is 0 Å². The Morgan fingerprint density at radius 1 is 1.32 bits per heavy atom. The number of nitrogens with zero attached hydrogens (tertiary/aromatic N) is 1. The van der Waals surface area contributed by atoms with Crippen molar-refractivity contribution in [2.75, 3.05) is 26.7 Å². The summed E-state index contributed by atoms with van der Waals surface area (Å²) in [6.45, 7) is 10.1. The van der Waals surface area contributed by atoms with Gasteiger partial charge in [0, 0.05) is 25.7 Å². The minimum Gasteiger partial charge on any atom is -0.377 e. The number of nitrogens with two attached hydrogens (primary N) is 1. The van der Waals surface area contributed by atoms with Gasteiger partial charge in [-0.3, -0.25) is 4.90 Å². The largest absolute Gasteiger partial charge is 0.377 e. The van der Waals surface area contributed by atoms with Crippen LogP contribution in [0.5, 0.6) is 0 Å². The van der Waals surface area contributed by atoms with Crippen molar-refractivity contribution in [3.8, 4) is 0 Å². The van der Waals surface area contributed by atoms with Gasteiger partial charge in [-0.25, -0.2) is 0 Å². The van der Waals surface area contributed by atoms with E-state index < -0.39 is 0 Å². The summed E-state index contributed by atoms with van der Waals surface area (Å²) >= 11 is 0. The first kappa shape index (κ1) is 15.3. The highest BCUT2D eigenvalue weighted by atomic mass is 16.5. The molecule has 2 fully saturated rings. The van der Waals surface area contributed by atoms with Crippen molar-refractivity contribution in [3.63, 3.8) is 0 Å². The molecule has 0 aromatic heterocycles. The first-order chi connectivity index (χ1) is 8.96. The predicted molar refractivity (Wildman–Crippen MR) is 80.2 cm³/mol. The fourth-order valence-corrected chi connectivity index (χ4v) is 4.32. The third kappa shape index (κ3) is 2.84. The Morgan fingerprint density at radius 2 is 2.05 bits per heavy atom. The number of piperidine rings is 1. The van der Waals surface area contributed by atoms with E-state index >= 15 is 0 Å². The Kier molecular flexibility index (Phi) is 4.59. The molecule has 4 unspecified atom stereocenters. The van der Waals surface area contributed by atoms with Crippen LogP contribution < -0.4 is 5.73 Å². The van der Waals surface area contributed by atoms with Crippen LogP contribution >= 0.6 is 0 Å². The van der Waals surface area contributed by atoms with Crippen molar-refractivity contribution in [1.82, 2.24) is 4.90 Å². The zero-order chi connectivity index (χ0) is 14.1. The maximum atomic E-state index is 6.27. The van der Waals surface area contributed by atoms with Crippen LogP contribution in [0.25, 0.3) is 0 Å². The van der Waals surface area contributed by atoms with Gasteiger partial charge in [-0.05, 0) is 51.0 Å². The number of likely N-dealkylation sites (tertiary alicyclic amines) is 1. The fraction of sp³-hybridized carbons (Fsp3) is 1.00. The van der Waals surface area contributed by atoms with Crippen LogP contribution in [-0.4, -0.2) is 42.8 Å². The molecule has 0 bridgehead atoms. The zero-order valence-electron chi connectivity index (χ0n) is 13.2. The van der Waals surface area contributed by atoms with Crippen LogP contribution in [0.3, 0.4) is 0 Å². The molecule has 0 radical (unpaired) electrons. The maximum absolute atomic E-state index is 6.27. The van der Waals surface area contributed by atoms with E-state index in [4.69, 9.17) is 10.5 Å². The molecule has 2 N–H and O–H groups in total. The highest BCUT2D eigenvalue weighted by Crippen LogP contribution is 2.42. The number of hydrogen-bond acceptors (Lipinski definition) is 3. The van der Waals surface area contributed by atoms with Crippen LogP contribution in [0.2, 0.25) is 0 Å². The van der Waals surface area contributed by atoms with E-state index in [9.17, 15) is 0 Å². The first-order valence-corrected chi connectivity index (χ1v) is 7.96. The second kappa shape index (κ2) is 5.71. The summed E-state index contributed by atoms with van der Waals surface area (Å²) in [7, 11) is 1.85. The van der Waals surface area contributed by atoms with Gasteiger partial charge >= 0.3 is 0 Å². The smallest absolute Gasteiger partial charge is 0.0777 e. The molecule has 112 valence electrons. The lowest BCUT2D eigenvalue weighted by molar-refractivity contribution is -0.104. The second-order valence-corrected chi connectivity index (χ2v) is 7.27. The summed E-state index contributed by atoms with van der Waals surface area (Å²) in [5.41, 5.74) is 6.49. The Hall–Kier alpha value is -0.120. The zero-order valence-corrected chi connectivity index (χ0v) is 13.2. The molecular weight excluding hydrogens is 236 g/mol. The fourth-order valence-electron chi connectivity index (χ4n) is 4.32. The van der Waals surface area contributed by atoms with Crippen molar-refractivity contribution < 1.29 is 4.74 Å². The average molecular weight is 268 g/mol. The van der Waals surface area contributed by atoms with Gasteiger partial charge in [0.2, 0.25) is 0 Å². The molecule has 1 aliphatic carbocycles. The van der Waals surface area contributed by atoms with Crippen LogP contribution in [-0.2, 0) is 4.74 Å². The number of hydrogen-bond donors (Lipinski definition) is 1. The molecule has 3 nitrogen and oxygen atoms in total. The molecule has 1 aliphatic heterocycles. The van der Waals surface area contributed by atoms with Crippen LogP contribution in [0, 0.1) is 11.8 Å². The molecule has 2 aliphatic rings. The Morgan fingerprint density at radius 3 is 2.68 bits per heavy atom. The van der Waals surface area contributed by atoms with Gasteiger partial charge in [-0.15, -0.1) is 0 Å². The van der Waals surface area contributed by atoms with Crippen LogP contribution in [0.4, 0.5) is 0 Å². The molecule has 0 aromatic rings. The number of rotatable bonds is 3. The van der Waals surface area contributed by atoms with E-state index in [1.165, 1.54) is 38.6 Å². The number of methoxy groups -OCH3 is 1. The normalized spacial score (nSPS) is 45.3. The molecule has 3 heteroatoms. The van der Waals surface area contributed by atoms with Crippen molar-refractivity contribution in [2.24, 2.45) is 17.6 Å². The molecule has 0 amide bonds. The van der Waals surface area contributed by atoms with Gasteiger partial charge in [0.1, 0.15) is 0 Å². The summed E-state index contributed by atoms with van der Waals surface area (Å²) < 4.78 is 5.77. The molecule has 4 atom stereocenters. The lowest BCUT2D eigenvalue weighted by Gasteiger charge is -2.55. The van der Waals surface area contributed by atoms with Gasteiger partial charge in [0.05, 0.1) is 5.60 Å². The molecule has 19 heavy (non-hydrogen) atoms. The Bertz CT molecular complexity index is 309. The van der Waals surface area contributed by atoms with Gasteiger partial charge in [-0.1, -0.05) is 20.3 Å². The third-order valence-electron chi connectivity index (χ3n) is 5.85. The van der Waals surface area contributed by atoms with Gasteiger partial charge in [0.15, 0.2) is 0 Å². The third-order valence-corrected chi connectivity index (χ3v) is 5.85. The summed E-state index contributed by atoms with van der Waals surface area (Å²) in [5, 5.41) is 0. The highest BCUT2D eigenvalue weighted by molar-refractivity contribution is 5.03. The van der Waals surface area contributed by atoms with E-state index in [0.717, 1.165) is 19.0 Å². The molecule has 1 heterocycles. The Labute approximate surface area is 118 Å².